The Balaban J connectivity index is 1.31. The fraction of sp³-hybridized carbons (Fsp3) is 0.175. The van der Waals surface area contributed by atoms with Gasteiger partial charge in [-0.2, -0.15) is 0 Å². The van der Waals surface area contributed by atoms with E-state index in [1.54, 1.807) is 11.3 Å². The van der Waals surface area contributed by atoms with Crippen LogP contribution >= 0.6 is 11.3 Å². The Bertz CT molecular complexity index is 2410. The van der Waals surface area contributed by atoms with E-state index < -0.39 is 18.3 Å². The standard InChI is InChI=1S/C40H34BN3O3S/c1-39(2)40(3,4)47-41(46-39)31-21-12-19-29-34-30(20-13-22-32(34)45-35(29)31)38(44-37(42-5)25-14-7-6-8-15-25)43-24-26-16-11-18-28-27-17-9-10-23-33(27)48-36(26)28/h6-23H,5,24H2,1-4H3. The van der Waals surface area contributed by atoms with E-state index in [1.807, 2.05) is 60.7 Å². The molecular formula is C40H34BN3O3S. The van der Waals surface area contributed by atoms with Crippen LogP contribution in [0.3, 0.4) is 0 Å². The number of amidine groups is 2. The first-order chi connectivity index (χ1) is 23.2. The second-order valence-corrected chi connectivity index (χ2v) is 14.1. The minimum atomic E-state index is -0.565. The Labute approximate surface area is 283 Å². The second-order valence-electron chi connectivity index (χ2n) is 13.1. The fourth-order valence-corrected chi connectivity index (χ4v) is 7.57. The molecular weight excluding hydrogens is 613 g/mol. The van der Waals surface area contributed by atoms with Gasteiger partial charge < -0.3 is 13.7 Å². The zero-order valence-corrected chi connectivity index (χ0v) is 28.2. The molecule has 48 heavy (non-hydrogen) atoms. The lowest BCUT2D eigenvalue weighted by Gasteiger charge is -2.32. The van der Waals surface area contributed by atoms with Crippen LogP contribution in [0.5, 0.6) is 0 Å². The Morgan fingerprint density at radius 2 is 1.42 bits per heavy atom. The molecule has 7 aromatic rings. The van der Waals surface area contributed by atoms with Crippen molar-refractivity contribution < 1.29 is 13.7 Å². The summed E-state index contributed by atoms with van der Waals surface area (Å²) in [6.07, 6.45) is 0. The molecule has 8 heteroatoms. The van der Waals surface area contributed by atoms with Gasteiger partial charge in [0.1, 0.15) is 11.2 Å². The van der Waals surface area contributed by atoms with Gasteiger partial charge in [-0.25, -0.2) is 9.98 Å². The molecule has 3 heterocycles. The van der Waals surface area contributed by atoms with Gasteiger partial charge in [-0.05, 0) is 52.1 Å². The van der Waals surface area contributed by atoms with Crippen molar-refractivity contribution in [1.29, 1.82) is 0 Å². The van der Waals surface area contributed by atoms with Gasteiger partial charge in [-0.1, -0.05) is 97.1 Å². The van der Waals surface area contributed by atoms with Crippen molar-refractivity contribution in [2.45, 2.75) is 45.4 Å². The van der Waals surface area contributed by atoms with Gasteiger partial charge in [0, 0.05) is 47.5 Å². The molecule has 0 radical (unpaired) electrons. The third-order valence-corrected chi connectivity index (χ3v) is 10.8. The number of hydrogen-bond donors (Lipinski definition) is 0. The molecule has 236 valence electrons. The van der Waals surface area contributed by atoms with E-state index in [0.29, 0.717) is 18.2 Å². The van der Waals surface area contributed by atoms with Crippen LogP contribution in [0.15, 0.2) is 129 Å². The van der Waals surface area contributed by atoms with Crippen LogP contribution in [0, 0.1) is 0 Å². The van der Waals surface area contributed by atoms with Crippen LogP contribution in [0.25, 0.3) is 42.1 Å². The fourth-order valence-electron chi connectivity index (χ4n) is 6.36. The summed E-state index contributed by atoms with van der Waals surface area (Å²) >= 11 is 1.80. The minimum Gasteiger partial charge on any atom is -0.456 e. The average molecular weight is 648 g/mol. The molecule has 1 aliphatic rings. The summed E-state index contributed by atoms with van der Waals surface area (Å²) in [4.78, 5) is 14.7. The summed E-state index contributed by atoms with van der Waals surface area (Å²) in [5.74, 6) is 1.05. The number of hydrogen-bond acceptors (Lipinski definition) is 5. The molecule has 0 spiro atoms. The molecule has 0 bridgehead atoms. The summed E-state index contributed by atoms with van der Waals surface area (Å²) in [5.41, 5.74) is 4.20. The predicted octanol–water partition coefficient (Wildman–Crippen LogP) is 9.35. The lowest BCUT2D eigenvalue weighted by Crippen LogP contribution is -2.41. The number of fused-ring (bicyclic) bond motifs is 6. The zero-order valence-electron chi connectivity index (χ0n) is 27.4. The zero-order chi connectivity index (χ0) is 33.0. The minimum absolute atomic E-state index is 0.438. The molecule has 1 saturated heterocycles. The van der Waals surface area contributed by atoms with Crippen molar-refractivity contribution >= 4 is 84.4 Å². The molecule has 0 atom stereocenters. The Morgan fingerprint density at radius 3 is 2.21 bits per heavy atom. The van der Waals surface area contributed by atoms with E-state index in [9.17, 15) is 0 Å². The van der Waals surface area contributed by atoms with Crippen LogP contribution in [0.1, 0.15) is 44.4 Å². The van der Waals surface area contributed by atoms with E-state index in [-0.39, 0.29) is 0 Å². The maximum atomic E-state index is 6.60. The number of para-hydroxylation sites is 1. The van der Waals surface area contributed by atoms with Crippen LogP contribution in [-0.4, -0.2) is 36.7 Å². The van der Waals surface area contributed by atoms with Gasteiger partial charge in [0.05, 0.1) is 17.7 Å². The number of furan rings is 1. The molecule has 0 aliphatic carbocycles. The quantitative estimate of drug-likeness (QED) is 0.106. The van der Waals surface area contributed by atoms with Crippen LogP contribution in [0.4, 0.5) is 0 Å². The smallest absolute Gasteiger partial charge is 0.456 e. The third kappa shape index (κ3) is 5.08. The van der Waals surface area contributed by atoms with Gasteiger partial charge in [0.25, 0.3) is 0 Å². The highest BCUT2D eigenvalue weighted by Gasteiger charge is 2.52. The highest BCUT2D eigenvalue weighted by atomic mass is 32.1. The van der Waals surface area contributed by atoms with Gasteiger partial charge >= 0.3 is 7.12 Å². The Morgan fingerprint density at radius 1 is 0.729 bits per heavy atom. The number of nitrogens with zero attached hydrogens (tertiary/aromatic N) is 3. The summed E-state index contributed by atoms with van der Waals surface area (Å²) in [6, 6.07) is 37.0. The maximum absolute atomic E-state index is 6.60. The molecule has 1 aliphatic heterocycles. The van der Waals surface area contributed by atoms with Crippen molar-refractivity contribution in [3.05, 3.63) is 126 Å². The molecule has 0 amide bonds. The van der Waals surface area contributed by atoms with E-state index in [4.69, 9.17) is 23.7 Å². The van der Waals surface area contributed by atoms with Gasteiger partial charge in [-0.3, -0.25) is 4.99 Å². The van der Waals surface area contributed by atoms with Crippen molar-refractivity contribution in [3.63, 3.8) is 0 Å². The van der Waals surface area contributed by atoms with Crippen molar-refractivity contribution in [2.75, 3.05) is 0 Å². The normalized spacial score (nSPS) is 16.5. The number of aliphatic imine (C=N–C) groups is 3. The van der Waals surface area contributed by atoms with Gasteiger partial charge in [0.15, 0.2) is 11.7 Å². The number of benzene rings is 5. The van der Waals surface area contributed by atoms with E-state index in [1.165, 1.54) is 20.2 Å². The number of thiophene rings is 1. The molecule has 0 N–H and O–H groups in total. The van der Waals surface area contributed by atoms with Crippen molar-refractivity contribution in [2.24, 2.45) is 15.0 Å². The first-order valence-electron chi connectivity index (χ1n) is 16.1. The molecule has 6 nitrogen and oxygen atoms in total. The second kappa shape index (κ2) is 11.7. The van der Waals surface area contributed by atoms with E-state index in [0.717, 1.165) is 44.1 Å². The first-order valence-corrected chi connectivity index (χ1v) is 16.9. The molecule has 0 unspecified atom stereocenters. The molecule has 8 rings (SSSR count). The summed E-state index contributed by atoms with van der Waals surface area (Å²) in [7, 11) is -0.565. The Hall–Kier alpha value is -4.89. The van der Waals surface area contributed by atoms with Crippen molar-refractivity contribution in [1.82, 2.24) is 0 Å². The summed E-state index contributed by atoms with van der Waals surface area (Å²) < 4.78 is 22.0. The maximum Gasteiger partial charge on any atom is 0.498 e. The summed E-state index contributed by atoms with van der Waals surface area (Å²) in [5, 5.41) is 4.36. The van der Waals surface area contributed by atoms with Crippen molar-refractivity contribution in [3.8, 4) is 0 Å². The highest BCUT2D eigenvalue weighted by molar-refractivity contribution is 7.26. The average Bonchev–Trinajstić information content (AvgIpc) is 3.73. The lowest BCUT2D eigenvalue weighted by atomic mass is 9.78. The van der Waals surface area contributed by atoms with Crippen LogP contribution < -0.4 is 5.46 Å². The molecule has 0 saturated carbocycles. The lowest BCUT2D eigenvalue weighted by molar-refractivity contribution is 0.00578. The van der Waals surface area contributed by atoms with E-state index >= 15 is 0 Å². The van der Waals surface area contributed by atoms with Crippen LogP contribution in [-0.2, 0) is 15.9 Å². The monoisotopic (exact) mass is 647 g/mol. The SMILES string of the molecule is C=NC(=NC(=NCc1cccc2c1sc1ccccc12)c1cccc2oc3c(B4OC(C)(C)C(C)(C)O4)cccc3c12)c1ccccc1. The molecule has 5 aromatic carbocycles. The predicted molar refractivity (Wildman–Crippen MR) is 202 cm³/mol. The number of rotatable bonds is 5. The largest absolute Gasteiger partial charge is 0.498 e. The summed E-state index contributed by atoms with van der Waals surface area (Å²) in [6.45, 7) is 12.5. The molecule has 2 aromatic heterocycles. The van der Waals surface area contributed by atoms with Gasteiger partial charge in [-0.15, -0.1) is 11.3 Å². The molecule has 1 fully saturated rings. The van der Waals surface area contributed by atoms with Crippen LogP contribution in [0.2, 0.25) is 0 Å². The highest BCUT2D eigenvalue weighted by Crippen LogP contribution is 2.39. The van der Waals surface area contributed by atoms with Gasteiger partial charge in [0.2, 0.25) is 0 Å². The topological polar surface area (TPSA) is 68.7 Å². The Kier molecular flexibility index (Phi) is 7.40. The first kappa shape index (κ1) is 30.4. The van der Waals surface area contributed by atoms with E-state index in [2.05, 4.69) is 87.9 Å². The third-order valence-electron chi connectivity index (χ3n) is 9.58.